The summed E-state index contributed by atoms with van der Waals surface area (Å²) in [5.41, 5.74) is 1.43. The molecule has 0 saturated heterocycles. The lowest BCUT2D eigenvalue weighted by atomic mass is 9.88. The van der Waals surface area contributed by atoms with Crippen molar-refractivity contribution in [3.05, 3.63) is 23.9 Å². The number of unbranched alkanes of at least 4 members (excludes halogenated alkanes) is 1. The van der Waals surface area contributed by atoms with E-state index < -0.39 is 0 Å². The van der Waals surface area contributed by atoms with Crippen LogP contribution < -0.4 is 5.32 Å². The monoisotopic (exact) mass is 240 g/mol. The third-order valence-electron chi connectivity index (χ3n) is 2.50. The number of rotatable bonds is 5. The van der Waals surface area contributed by atoms with Crippen LogP contribution in [0.2, 0.25) is 0 Å². The van der Waals surface area contributed by atoms with E-state index in [-0.39, 0.29) is 5.41 Å². The second-order valence-corrected chi connectivity index (χ2v) is 5.38. The van der Waals surface area contributed by atoms with E-state index in [0.29, 0.717) is 0 Å². The average Bonchev–Trinajstić information content (AvgIpc) is 2.24. The molecule has 0 aliphatic rings. The first-order valence-electron chi connectivity index (χ1n) is 5.80. The normalized spacial score (nSPS) is 11.5. The van der Waals surface area contributed by atoms with E-state index in [2.05, 4.69) is 37.1 Å². The number of pyridine rings is 1. The lowest BCUT2D eigenvalue weighted by Crippen LogP contribution is -2.12. The standard InChI is InChI=1S/C13H21ClN2/c1-13(2,3)11-6-7-12(16-10-11)15-9-5-4-8-14/h6-7,10H,4-5,8-9H2,1-3H3,(H,15,16). The predicted molar refractivity (Wildman–Crippen MR) is 71.4 cm³/mol. The topological polar surface area (TPSA) is 24.9 Å². The molecule has 0 unspecified atom stereocenters. The third kappa shape index (κ3) is 4.40. The molecule has 90 valence electrons. The van der Waals surface area contributed by atoms with Crippen LogP contribution in [0.4, 0.5) is 5.82 Å². The molecule has 0 aliphatic carbocycles. The molecule has 1 aromatic heterocycles. The zero-order valence-electron chi connectivity index (χ0n) is 10.4. The molecule has 0 radical (unpaired) electrons. The second-order valence-electron chi connectivity index (χ2n) is 5.00. The fourth-order valence-electron chi connectivity index (χ4n) is 1.38. The van der Waals surface area contributed by atoms with E-state index in [0.717, 1.165) is 31.1 Å². The summed E-state index contributed by atoms with van der Waals surface area (Å²) >= 11 is 5.61. The van der Waals surface area contributed by atoms with Crippen molar-refractivity contribution >= 4 is 17.4 Å². The molecule has 0 spiro atoms. The molecular formula is C13H21ClN2. The summed E-state index contributed by atoms with van der Waals surface area (Å²) in [7, 11) is 0. The number of aromatic nitrogens is 1. The van der Waals surface area contributed by atoms with Gasteiger partial charge in [0, 0.05) is 18.6 Å². The molecule has 1 aromatic rings. The smallest absolute Gasteiger partial charge is 0.125 e. The zero-order valence-corrected chi connectivity index (χ0v) is 11.1. The molecule has 1 rings (SSSR count). The van der Waals surface area contributed by atoms with Gasteiger partial charge in [0.25, 0.3) is 0 Å². The lowest BCUT2D eigenvalue weighted by molar-refractivity contribution is 0.587. The molecule has 0 aromatic carbocycles. The number of halogens is 1. The summed E-state index contributed by atoms with van der Waals surface area (Å²) in [4.78, 5) is 4.40. The van der Waals surface area contributed by atoms with E-state index in [1.165, 1.54) is 5.56 Å². The van der Waals surface area contributed by atoms with Gasteiger partial charge in [-0.1, -0.05) is 26.8 Å². The van der Waals surface area contributed by atoms with Crippen LogP contribution in [0, 0.1) is 0 Å². The van der Waals surface area contributed by atoms with Gasteiger partial charge in [-0.3, -0.25) is 0 Å². The Labute approximate surface area is 103 Å². The number of hydrogen-bond donors (Lipinski definition) is 1. The van der Waals surface area contributed by atoms with Crippen molar-refractivity contribution < 1.29 is 0 Å². The average molecular weight is 241 g/mol. The van der Waals surface area contributed by atoms with Crippen molar-refractivity contribution in [2.24, 2.45) is 0 Å². The molecule has 3 heteroatoms. The Hall–Kier alpha value is -0.760. The van der Waals surface area contributed by atoms with Crippen LogP contribution >= 0.6 is 11.6 Å². The summed E-state index contributed by atoms with van der Waals surface area (Å²) in [6, 6.07) is 4.18. The van der Waals surface area contributed by atoms with Crippen LogP contribution in [0.25, 0.3) is 0 Å². The Morgan fingerprint density at radius 1 is 1.25 bits per heavy atom. The lowest BCUT2D eigenvalue weighted by Gasteiger charge is -2.18. The van der Waals surface area contributed by atoms with Crippen molar-refractivity contribution in [2.45, 2.75) is 39.0 Å². The Bertz CT molecular complexity index is 301. The number of anilines is 1. The molecule has 0 fully saturated rings. The van der Waals surface area contributed by atoms with Crippen LogP contribution in [-0.2, 0) is 5.41 Å². The summed E-state index contributed by atoms with van der Waals surface area (Å²) in [6.07, 6.45) is 4.09. The predicted octanol–water partition coefficient (Wildman–Crippen LogP) is 3.81. The fourth-order valence-corrected chi connectivity index (χ4v) is 1.57. The number of alkyl halides is 1. The fraction of sp³-hybridized carbons (Fsp3) is 0.615. The SMILES string of the molecule is CC(C)(C)c1ccc(NCCCCCl)nc1. The van der Waals surface area contributed by atoms with E-state index in [4.69, 9.17) is 11.6 Å². The highest BCUT2D eigenvalue weighted by molar-refractivity contribution is 6.17. The van der Waals surface area contributed by atoms with E-state index in [1.54, 1.807) is 0 Å². The molecule has 16 heavy (non-hydrogen) atoms. The van der Waals surface area contributed by atoms with Gasteiger partial charge >= 0.3 is 0 Å². The molecule has 0 atom stereocenters. The Balaban J connectivity index is 2.46. The molecule has 0 amide bonds. The molecule has 1 heterocycles. The summed E-state index contributed by atoms with van der Waals surface area (Å²) < 4.78 is 0. The summed E-state index contributed by atoms with van der Waals surface area (Å²) in [6.45, 7) is 7.52. The molecular weight excluding hydrogens is 220 g/mol. The van der Waals surface area contributed by atoms with Gasteiger partial charge in [-0.2, -0.15) is 0 Å². The minimum absolute atomic E-state index is 0.171. The molecule has 0 bridgehead atoms. The van der Waals surface area contributed by atoms with Crippen molar-refractivity contribution in [2.75, 3.05) is 17.7 Å². The van der Waals surface area contributed by atoms with Gasteiger partial charge in [-0.05, 0) is 29.9 Å². The highest BCUT2D eigenvalue weighted by Gasteiger charge is 2.13. The van der Waals surface area contributed by atoms with Gasteiger partial charge in [0.2, 0.25) is 0 Å². The first-order chi connectivity index (χ1) is 7.54. The summed E-state index contributed by atoms with van der Waals surface area (Å²) in [5.74, 6) is 1.68. The Kier molecular flexibility index (Phi) is 5.07. The molecule has 2 nitrogen and oxygen atoms in total. The van der Waals surface area contributed by atoms with Crippen LogP contribution in [0.3, 0.4) is 0 Å². The van der Waals surface area contributed by atoms with Crippen LogP contribution in [-0.4, -0.2) is 17.4 Å². The quantitative estimate of drug-likeness (QED) is 0.625. The largest absolute Gasteiger partial charge is 0.370 e. The molecule has 0 saturated carbocycles. The first kappa shape index (κ1) is 13.3. The number of nitrogens with one attached hydrogen (secondary N) is 1. The van der Waals surface area contributed by atoms with Crippen LogP contribution in [0.5, 0.6) is 0 Å². The van der Waals surface area contributed by atoms with Gasteiger partial charge in [0.1, 0.15) is 5.82 Å². The Morgan fingerprint density at radius 3 is 2.50 bits per heavy atom. The maximum Gasteiger partial charge on any atom is 0.125 e. The van der Waals surface area contributed by atoms with Gasteiger partial charge in [-0.25, -0.2) is 4.98 Å². The highest BCUT2D eigenvalue weighted by Crippen LogP contribution is 2.21. The van der Waals surface area contributed by atoms with E-state index in [1.807, 2.05) is 12.3 Å². The van der Waals surface area contributed by atoms with Crippen LogP contribution in [0.15, 0.2) is 18.3 Å². The molecule has 0 aliphatic heterocycles. The van der Waals surface area contributed by atoms with E-state index in [9.17, 15) is 0 Å². The Morgan fingerprint density at radius 2 is 2.00 bits per heavy atom. The van der Waals surface area contributed by atoms with Crippen molar-refractivity contribution in [3.8, 4) is 0 Å². The van der Waals surface area contributed by atoms with Gasteiger partial charge in [0.15, 0.2) is 0 Å². The van der Waals surface area contributed by atoms with Gasteiger partial charge in [-0.15, -0.1) is 11.6 Å². The highest BCUT2D eigenvalue weighted by atomic mass is 35.5. The second kappa shape index (κ2) is 6.09. The maximum absolute atomic E-state index is 5.61. The first-order valence-corrected chi connectivity index (χ1v) is 6.34. The molecule has 1 N–H and O–H groups in total. The van der Waals surface area contributed by atoms with Gasteiger partial charge in [0.05, 0.1) is 0 Å². The van der Waals surface area contributed by atoms with E-state index >= 15 is 0 Å². The van der Waals surface area contributed by atoms with Crippen molar-refractivity contribution in [1.82, 2.24) is 4.98 Å². The number of hydrogen-bond acceptors (Lipinski definition) is 2. The zero-order chi connectivity index (χ0) is 12.0. The van der Waals surface area contributed by atoms with Crippen molar-refractivity contribution in [3.63, 3.8) is 0 Å². The maximum atomic E-state index is 5.61. The van der Waals surface area contributed by atoms with Gasteiger partial charge < -0.3 is 5.32 Å². The van der Waals surface area contributed by atoms with Crippen LogP contribution in [0.1, 0.15) is 39.2 Å². The third-order valence-corrected chi connectivity index (χ3v) is 2.76. The summed E-state index contributed by atoms with van der Waals surface area (Å²) in [5, 5.41) is 3.29. The minimum Gasteiger partial charge on any atom is -0.370 e. The van der Waals surface area contributed by atoms with Crippen molar-refractivity contribution in [1.29, 1.82) is 0 Å². The minimum atomic E-state index is 0.171. The number of nitrogens with zero attached hydrogens (tertiary/aromatic N) is 1.